The first-order valence-electron chi connectivity index (χ1n) is 3.32. The predicted octanol–water partition coefficient (Wildman–Crippen LogP) is 2.81. The maximum Gasteiger partial charge on any atom is 0.335 e. The average Bonchev–Trinajstić information content (AvgIpc) is 2.09. The third-order valence-electron chi connectivity index (χ3n) is 1.46. The molecule has 13 heavy (non-hydrogen) atoms. The van der Waals surface area contributed by atoms with Crippen molar-refractivity contribution in [3.05, 3.63) is 27.2 Å². The second-order valence-corrected chi connectivity index (χ2v) is 3.51. The number of rotatable bonds is 2. The molecule has 0 spiro atoms. The minimum atomic E-state index is -1.02. The number of aromatic carboxylic acids is 1. The van der Waals surface area contributed by atoms with Crippen molar-refractivity contribution in [2.45, 2.75) is 0 Å². The van der Waals surface area contributed by atoms with E-state index in [0.717, 1.165) is 0 Å². The molecule has 0 saturated carbocycles. The minimum absolute atomic E-state index is 0.133. The van der Waals surface area contributed by atoms with Crippen LogP contribution in [0.3, 0.4) is 0 Å². The number of hydrogen-bond acceptors (Lipinski definition) is 2. The zero-order valence-corrected chi connectivity index (χ0v) is 9.02. The summed E-state index contributed by atoms with van der Waals surface area (Å²) in [5, 5.41) is 9.07. The van der Waals surface area contributed by atoms with E-state index in [2.05, 4.69) is 15.9 Å². The third-order valence-corrected chi connectivity index (χ3v) is 2.71. The Labute approximate surface area is 88.4 Å². The topological polar surface area (TPSA) is 46.5 Å². The molecule has 0 heterocycles. The molecule has 0 unspecified atom stereocenters. The smallest absolute Gasteiger partial charge is 0.335 e. The highest BCUT2D eigenvalue weighted by atomic mass is 79.9. The van der Waals surface area contributed by atoms with Crippen molar-refractivity contribution in [1.29, 1.82) is 0 Å². The van der Waals surface area contributed by atoms with Gasteiger partial charge in [-0.3, -0.25) is 0 Å². The Hall–Kier alpha value is -0.740. The van der Waals surface area contributed by atoms with Crippen LogP contribution in [-0.4, -0.2) is 18.2 Å². The summed E-state index contributed by atoms with van der Waals surface area (Å²) < 4.78 is 5.40. The first kappa shape index (κ1) is 10.3. The molecule has 0 aromatic heterocycles. The van der Waals surface area contributed by atoms with E-state index in [1.54, 1.807) is 0 Å². The van der Waals surface area contributed by atoms with Crippen molar-refractivity contribution in [2.75, 3.05) is 7.11 Å². The molecule has 0 aliphatic carbocycles. The van der Waals surface area contributed by atoms with Crippen molar-refractivity contribution in [3.8, 4) is 5.75 Å². The molecule has 1 aromatic rings. The van der Waals surface area contributed by atoms with Gasteiger partial charge in [0.25, 0.3) is 0 Å². The van der Waals surface area contributed by atoms with E-state index in [9.17, 15) is 4.79 Å². The highest BCUT2D eigenvalue weighted by Crippen LogP contribution is 2.33. The summed E-state index contributed by atoms with van der Waals surface area (Å²) in [7, 11) is 1.43. The lowest BCUT2D eigenvalue weighted by atomic mass is 10.2. The average molecular weight is 265 g/mol. The fourth-order valence-corrected chi connectivity index (χ4v) is 1.46. The highest BCUT2D eigenvalue weighted by molar-refractivity contribution is 9.10. The van der Waals surface area contributed by atoms with Gasteiger partial charge in [0.05, 0.1) is 17.7 Å². The van der Waals surface area contributed by atoms with Gasteiger partial charge in [-0.2, -0.15) is 0 Å². The summed E-state index contributed by atoms with van der Waals surface area (Å²) in [5.41, 5.74) is 0.133. The summed E-state index contributed by atoms with van der Waals surface area (Å²) in [5.74, 6) is -0.677. The summed E-state index contributed by atoms with van der Waals surface area (Å²) in [6, 6.07) is 2.79. The molecule has 1 N–H and O–H groups in total. The Bertz CT molecular complexity index is 351. The first-order chi connectivity index (χ1) is 6.06. The van der Waals surface area contributed by atoms with Crippen LogP contribution >= 0.6 is 27.5 Å². The molecular weight excluding hydrogens is 259 g/mol. The molecule has 1 aromatic carbocycles. The van der Waals surface area contributed by atoms with Crippen LogP contribution < -0.4 is 4.74 Å². The Morgan fingerprint density at radius 2 is 2.23 bits per heavy atom. The summed E-state index contributed by atoms with van der Waals surface area (Å²) in [4.78, 5) is 10.6. The summed E-state index contributed by atoms with van der Waals surface area (Å²) in [6.07, 6.45) is 0. The number of carboxylic acid groups (broad SMARTS) is 1. The Balaban J connectivity index is 3.30. The lowest BCUT2D eigenvalue weighted by Gasteiger charge is -2.05. The fraction of sp³-hybridized carbons (Fsp3) is 0.125. The molecule has 0 saturated heterocycles. The first-order valence-corrected chi connectivity index (χ1v) is 4.49. The van der Waals surface area contributed by atoms with Crippen molar-refractivity contribution in [2.24, 2.45) is 0 Å². The SMILES string of the molecule is COc1cc(C(=O)O)cc(Br)c1Cl. The quantitative estimate of drug-likeness (QED) is 0.894. The molecule has 0 aliphatic rings. The number of carbonyl (C=O) groups is 1. The van der Waals surface area contributed by atoms with E-state index in [-0.39, 0.29) is 5.56 Å². The molecule has 1 rings (SSSR count). The summed E-state index contributed by atoms with van der Waals surface area (Å²) in [6.45, 7) is 0. The van der Waals surface area contributed by atoms with E-state index in [0.29, 0.717) is 15.2 Å². The van der Waals surface area contributed by atoms with Crippen LogP contribution in [0.1, 0.15) is 10.4 Å². The van der Waals surface area contributed by atoms with E-state index in [4.69, 9.17) is 21.4 Å². The molecule has 0 bridgehead atoms. The van der Waals surface area contributed by atoms with Gasteiger partial charge in [0, 0.05) is 4.47 Å². The van der Waals surface area contributed by atoms with Crippen LogP contribution in [0.25, 0.3) is 0 Å². The van der Waals surface area contributed by atoms with Crippen molar-refractivity contribution in [3.63, 3.8) is 0 Å². The maximum absolute atomic E-state index is 10.6. The van der Waals surface area contributed by atoms with Gasteiger partial charge in [-0.15, -0.1) is 0 Å². The second-order valence-electron chi connectivity index (χ2n) is 2.28. The molecule has 0 aliphatic heterocycles. The lowest BCUT2D eigenvalue weighted by Crippen LogP contribution is -1.97. The van der Waals surface area contributed by atoms with Crippen molar-refractivity contribution in [1.82, 2.24) is 0 Å². The second kappa shape index (κ2) is 3.98. The molecule has 0 fully saturated rings. The van der Waals surface area contributed by atoms with Gasteiger partial charge in [-0.25, -0.2) is 4.79 Å². The lowest BCUT2D eigenvalue weighted by molar-refractivity contribution is 0.0696. The van der Waals surface area contributed by atoms with Crippen molar-refractivity contribution >= 4 is 33.5 Å². The monoisotopic (exact) mass is 264 g/mol. The largest absolute Gasteiger partial charge is 0.495 e. The van der Waals surface area contributed by atoms with E-state index >= 15 is 0 Å². The van der Waals surface area contributed by atoms with Gasteiger partial charge in [0.1, 0.15) is 5.75 Å². The molecule has 0 amide bonds. The van der Waals surface area contributed by atoms with Crippen LogP contribution in [0.2, 0.25) is 5.02 Å². The van der Waals surface area contributed by atoms with E-state index in [1.165, 1.54) is 19.2 Å². The Morgan fingerprint density at radius 1 is 1.62 bits per heavy atom. The number of ether oxygens (including phenoxy) is 1. The number of methoxy groups -OCH3 is 1. The molecular formula is C8H6BrClO3. The molecule has 5 heteroatoms. The minimum Gasteiger partial charge on any atom is -0.495 e. The van der Waals surface area contributed by atoms with Gasteiger partial charge < -0.3 is 9.84 Å². The van der Waals surface area contributed by atoms with Crippen LogP contribution in [0, 0.1) is 0 Å². The van der Waals surface area contributed by atoms with Gasteiger partial charge in [0.2, 0.25) is 0 Å². The van der Waals surface area contributed by atoms with Crippen LogP contribution in [0.4, 0.5) is 0 Å². The fourth-order valence-electron chi connectivity index (χ4n) is 0.836. The zero-order valence-electron chi connectivity index (χ0n) is 6.67. The number of carboxylic acids is 1. The van der Waals surface area contributed by atoms with Gasteiger partial charge in [-0.1, -0.05) is 11.6 Å². The highest BCUT2D eigenvalue weighted by Gasteiger charge is 2.11. The standard InChI is InChI=1S/C8H6BrClO3/c1-13-6-3-4(8(11)12)2-5(9)7(6)10/h2-3H,1H3,(H,11,12). The van der Waals surface area contributed by atoms with Crippen LogP contribution in [0.15, 0.2) is 16.6 Å². The third kappa shape index (κ3) is 2.14. The van der Waals surface area contributed by atoms with Crippen LogP contribution in [0.5, 0.6) is 5.75 Å². The molecule has 0 radical (unpaired) electrons. The van der Waals surface area contributed by atoms with Gasteiger partial charge in [0.15, 0.2) is 0 Å². The molecule has 3 nitrogen and oxygen atoms in total. The maximum atomic E-state index is 10.6. The van der Waals surface area contributed by atoms with E-state index < -0.39 is 5.97 Å². The zero-order chi connectivity index (χ0) is 10.0. The van der Waals surface area contributed by atoms with E-state index in [1.807, 2.05) is 0 Å². The molecule has 0 atom stereocenters. The van der Waals surface area contributed by atoms with Gasteiger partial charge >= 0.3 is 5.97 Å². The van der Waals surface area contributed by atoms with Crippen LogP contribution in [-0.2, 0) is 0 Å². The van der Waals surface area contributed by atoms with Crippen molar-refractivity contribution < 1.29 is 14.6 Å². The Kier molecular flexibility index (Phi) is 3.17. The summed E-state index contributed by atoms with van der Waals surface area (Å²) >= 11 is 8.94. The number of benzene rings is 1. The normalized spacial score (nSPS) is 9.77. The number of halogens is 2. The Morgan fingerprint density at radius 3 is 2.69 bits per heavy atom. The predicted molar refractivity (Wildman–Crippen MR) is 52.7 cm³/mol. The molecule has 70 valence electrons. The van der Waals surface area contributed by atoms with Gasteiger partial charge in [-0.05, 0) is 28.1 Å². The number of hydrogen-bond donors (Lipinski definition) is 1.